The molecule has 1 atom stereocenters. The fraction of sp³-hybridized carbons (Fsp3) is 0.348. The van der Waals surface area contributed by atoms with E-state index in [1.807, 2.05) is 0 Å². The Bertz CT molecular complexity index is 797. The first-order valence-electron chi connectivity index (χ1n) is 9.19. The molecule has 0 bridgehead atoms. The molecule has 1 aliphatic rings. The fourth-order valence-electron chi connectivity index (χ4n) is 3.75. The van der Waals surface area contributed by atoms with E-state index in [0.717, 1.165) is 25.9 Å². The summed E-state index contributed by atoms with van der Waals surface area (Å²) < 4.78 is 0. The molecule has 1 fully saturated rings. The minimum atomic E-state index is -0.0672. The number of rotatable bonds is 5. The van der Waals surface area contributed by atoms with Crippen molar-refractivity contribution in [2.75, 3.05) is 13.1 Å². The largest absolute Gasteiger partial charge is 0.344 e. The second-order valence-corrected chi connectivity index (χ2v) is 7.12. The molecular formula is C23H26N2O. The highest BCUT2D eigenvalue weighted by Gasteiger charge is 2.30. The van der Waals surface area contributed by atoms with E-state index < -0.39 is 0 Å². The zero-order valence-corrected chi connectivity index (χ0v) is 15.6. The zero-order valence-electron chi connectivity index (χ0n) is 15.6. The quantitative estimate of drug-likeness (QED) is 0.838. The number of hydrogen-bond acceptors (Lipinski definition) is 2. The summed E-state index contributed by atoms with van der Waals surface area (Å²) in [5.74, 6) is 2.51. The number of carbonyl (C=O) groups excluding carboxylic acids is 1. The van der Waals surface area contributed by atoms with Gasteiger partial charge in [0.05, 0.1) is 12.6 Å². The SMILES string of the molecule is C#CCNC(=O)C1CCCN1Cc1ccc(-c2cc(C)cc(C)c2)cc1. The van der Waals surface area contributed by atoms with E-state index in [-0.39, 0.29) is 11.9 Å². The predicted octanol–water partition coefficient (Wildman–Crippen LogP) is 3.68. The molecular weight excluding hydrogens is 320 g/mol. The molecule has 1 aliphatic heterocycles. The topological polar surface area (TPSA) is 32.3 Å². The molecule has 1 unspecified atom stereocenters. The standard InChI is InChI=1S/C23H26N2O/c1-4-11-24-23(26)22-6-5-12-25(22)16-19-7-9-20(10-8-19)21-14-17(2)13-18(3)15-21/h1,7-10,13-15,22H,5-6,11-12,16H2,2-3H3,(H,24,26). The van der Waals surface area contributed by atoms with Crippen LogP contribution in [0.25, 0.3) is 11.1 Å². The van der Waals surface area contributed by atoms with Gasteiger partial charge in [-0.2, -0.15) is 0 Å². The van der Waals surface area contributed by atoms with Crippen LogP contribution in [0.15, 0.2) is 42.5 Å². The van der Waals surface area contributed by atoms with Crippen LogP contribution in [0.5, 0.6) is 0 Å². The highest BCUT2D eigenvalue weighted by Crippen LogP contribution is 2.25. The van der Waals surface area contributed by atoms with Crippen LogP contribution >= 0.6 is 0 Å². The van der Waals surface area contributed by atoms with Crippen molar-refractivity contribution in [3.8, 4) is 23.5 Å². The second-order valence-electron chi connectivity index (χ2n) is 7.12. The van der Waals surface area contributed by atoms with E-state index in [2.05, 4.69) is 72.4 Å². The molecule has 3 rings (SSSR count). The monoisotopic (exact) mass is 346 g/mol. The Morgan fingerprint density at radius 1 is 1.15 bits per heavy atom. The van der Waals surface area contributed by atoms with Gasteiger partial charge in [-0.25, -0.2) is 0 Å². The Balaban J connectivity index is 1.69. The first-order valence-corrected chi connectivity index (χ1v) is 9.19. The molecule has 0 saturated carbocycles. The van der Waals surface area contributed by atoms with Crippen LogP contribution in [0, 0.1) is 26.2 Å². The summed E-state index contributed by atoms with van der Waals surface area (Å²) >= 11 is 0. The average molecular weight is 346 g/mol. The number of carbonyl (C=O) groups is 1. The van der Waals surface area contributed by atoms with E-state index in [1.54, 1.807) is 0 Å². The van der Waals surface area contributed by atoms with Gasteiger partial charge >= 0.3 is 0 Å². The van der Waals surface area contributed by atoms with Crippen molar-refractivity contribution in [1.29, 1.82) is 0 Å². The van der Waals surface area contributed by atoms with Crippen LogP contribution in [0.4, 0.5) is 0 Å². The third-order valence-electron chi connectivity index (χ3n) is 4.93. The van der Waals surface area contributed by atoms with Gasteiger partial charge in [0.1, 0.15) is 0 Å². The van der Waals surface area contributed by atoms with Gasteiger partial charge in [0.15, 0.2) is 0 Å². The smallest absolute Gasteiger partial charge is 0.238 e. The lowest BCUT2D eigenvalue weighted by atomic mass is 9.99. The van der Waals surface area contributed by atoms with Gasteiger partial charge in [-0.15, -0.1) is 6.42 Å². The first-order chi connectivity index (χ1) is 12.6. The molecule has 2 aromatic carbocycles. The molecule has 0 radical (unpaired) electrons. The lowest BCUT2D eigenvalue weighted by Gasteiger charge is -2.23. The molecule has 3 heteroatoms. The van der Waals surface area contributed by atoms with Crippen molar-refractivity contribution in [3.63, 3.8) is 0 Å². The van der Waals surface area contributed by atoms with Gasteiger partial charge < -0.3 is 5.32 Å². The van der Waals surface area contributed by atoms with Crippen molar-refractivity contribution < 1.29 is 4.79 Å². The van der Waals surface area contributed by atoms with Crippen molar-refractivity contribution in [2.45, 2.75) is 39.3 Å². The van der Waals surface area contributed by atoms with Crippen LogP contribution in [0.3, 0.4) is 0 Å². The summed E-state index contributed by atoms with van der Waals surface area (Å²) in [6.45, 7) is 6.30. The number of amides is 1. The molecule has 26 heavy (non-hydrogen) atoms. The maximum absolute atomic E-state index is 12.3. The molecule has 0 aliphatic carbocycles. The average Bonchev–Trinajstić information content (AvgIpc) is 3.07. The summed E-state index contributed by atoms with van der Waals surface area (Å²) in [6, 6.07) is 15.2. The molecule has 0 aromatic heterocycles. The van der Waals surface area contributed by atoms with Crippen LogP contribution in [0.2, 0.25) is 0 Å². The van der Waals surface area contributed by atoms with E-state index >= 15 is 0 Å². The number of nitrogens with zero attached hydrogens (tertiary/aromatic N) is 1. The Labute approximate surface area is 156 Å². The minimum Gasteiger partial charge on any atom is -0.344 e. The Hall–Kier alpha value is -2.57. The third-order valence-corrected chi connectivity index (χ3v) is 4.93. The molecule has 1 saturated heterocycles. The van der Waals surface area contributed by atoms with Gasteiger partial charge in [-0.05, 0) is 49.9 Å². The van der Waals surface area contributed by atoms with Crippen molar-refractivity contribution >= 4 is 5.91 Å². The first kappa shape index (κ1) is 18.2. The van der Waals surface area contributed by atoms with Crippen LogP contribution in [0.1, 0.15) is 29.5 Å². The van der Waals surface area contributed by atoms with Crippen LogP contribution in [-0.4, -0.2) is 29.9 Å². The number of nitrogens with one attached hydrogen (secondary N) is 1. The lowest BCUT2D eigenvalue weighted by Crippen LogP contribution is -2.42. The van der Waals surface area contributed by atoms with Crippen molar-refractivity contribution in [3.05, 3.63) is 59.2 Å². The predicted molar refractivity (Wildman–Crippen MR) is 107 cm³/mol. The van der Waals surface area contributed by atoms with Crippen molar-refractivity contribution in [1.82, 2.24) is 10.2 Å². The van der Waals surface area contributed by atoms with E-state index in [1.165, 1.54) is 27.8 Å². The normalized spacial score (nSPS) is 17.0. The Morgan fingerprint density at radius 3 is 2.50 bits per heavy atom. The van der Waals surface area contributed by atoms with Gasteiger partial charge in [-0.1, -0.05) is 59.5 Å². The zero-order chi connectivity index (χ0) is 18.5. The molecule has 2 aromatic rings. The molecule has 134 valence electrons. The van der Waals surface area contributed by atoms with Crippen LogP contribution < -0.4 is 5.32 Å². The molecule has 3 nitrogen and oxygen atoms in total. The number of likely N-dealkylation sites (tertiary alicyclic amines) is 1. The lowest BCUT2D eigenvalue weighted by molar-refractivity contribution is -0.125. The number of aryl methyl sites for hydroxylation is 2. The summed E-state index contributed by atoms with van der Waals surface area (Å²) in [6.07, 6.45) is 7.19. The maximum atomic E-state index is 12.3. The Kier molecular flexibility index (Phi) is 5.75. The highest BCUT2D eigenvalue weighted by atomic mass is 16.2. The molecule has 1 heterocycles. The second kappa shape index (κ2) is 8.21. The third kappa shape index (κ3) is 4.33. The summed E-state index contributed by atoms with van der Waals surface area (Å²) in [7, 11) is 0. The highest BCUT2D eigenvalue weighted by molar-refractivity contribution is 5.82. The summed E-state index contributed by atoms with van der Waals surface area (Å²) in [5, 5.41) is 2.81. The van der Waals surface area contributed by atoms with Gasteiger partial charge in [0, 0.05) is 6.54 Å². The van der Waals surface area contributed by atoms with E-state index in [4.69, 9.17) is 6.42 Å². The van der Waals surface area contributed by atoms with Crippen molar-refractivity contribution in [2.24, 2.45) is 0 Å². The van der Waals surface area contributed by atoms with Crippen LogP contribution in [-0.2, 0) is 11.3 Å². The Morgan fingerprint density at radius 2 is 1.85 bits per heavy atom. The molecule has 0 spiro atoms. The summed E-state index contributed by atoms with van der Waals surface area (Å²) in [4.78, 5) is 14.5. The maximum Gasteiger partial charge on any atom is 0.238 e. The number of terminal acetylenes is 1. The van der Waals surface area contributed by atoms with Gasteiger partial charge in [0.25, 0.3) is 0 Å². The van der Waals surface area contributed by atoms with Gasteiger partial charge in [-0.3, -0.25) is 9.69 Å². The fourth-order valence-corrected chi connectivity index (χ4v) is 3.75. The van der Waals surface area contributed by atoms with Gasteiger partial charge in [0.2, 0.25) is 5.91 Å². The number of hydrogen-bond donors (Lipinski definition) is 1. The number of benzene rings is 2. The molecule has 1 N–H and O–H groups in total. The summed E-state index contributed by atoms with van der Waals surface area (Å²) in [5.41, 5.74) is 6.27. The van der Waals surface area contributed by atoms with E-state index in [0.29, 0.717) is 6.54 Å². The van der Waals surface area contributed by atoms with E-state index in [9.17, 15) is 4.79 Å². The molecule has 1 amide bonds. The minimum absolute atomic E-state index is 0.0484.